The summed E-state index contributed by atoms with van der Waals surface area (Å²) >= 11 is 0. The first-order chi connectivity index (χ1) is 12.3. The van der Waals surface area contributed by atoms with Crippen LogP contribution in [0.15, 0.2) is 34.2 Å². The second kappa shape index (κ2) is 14.2. The predicted octanol–water partition coefficient (Wildman–Crippen LogP) is 3.61. The highest BCUT2D eigenvalue weighted by Gasteiger charge is 2.07. The van der Waals surface area contributed by atoms with Crippen LogP contribution < -0.4 is 15.8 Å². The van der Waals surface area contributed by atoms with Crippen LogP contribution in [0.5, 0.6) is 0 Å². The Kier molecular flexibility index (Phi) is 13.7. The van der Waals surface area contributed by atoms with Gasteiger partial charge in [0.2, 0.25) is 10.0 Å². The van der Waals surface area contributed by atoms with Gasteiger partial charge in [0.05, 0.1) is 11.4 Å². The Morgan fingerprint density at radius 1 is 1.15 bits per heavy atom. The van der Waals surface area contributed by atoms with Gasteiger partial charge in [-0.25, -0.2) is 18.5 Å². The monoisotopic (exact) mass is 510 g/mol. The summed E-state index contributed by atoms with van der Waals surface area (Å²) in [5, 5.41) is 11.7. The summed E-state index contributed by atoms with van der Waals surface area (Å²) in [6, 6.07) is 6.58. The Labute approximate surface area is 181 Å². The van der Waals surface area contributed by atoms with Crippen molar-refractivity contribution in [3.05, 3.63) is 29.8 Å². The minimum absolute atomic E-state index is 0. The van der Waals surface area contributed by atoms with Gasteiger partial charge in [0.1, 0.15) is 0 Å². The molecule has 1 aromatic rings. The number of aliphatic imine (C=N–C) groups is 1. The van der Waals surface area contributed by atoms with E-state index in [-0.39, 0.29) is 28.9 Å². The molecule has 0 unspecified atom stereocenters. The number of hydrogen-bond acceptors (Lipinski definition) is 3. The summed E-state index contributed by atoms with van der Waals surface area (Å²) in [6.07, 6.45) is 6.20. The van der Waals surface area contributed by atoms with Gasteiger partial charge in [0.15, 0.2) is 5.96 Å². The lowest BCUT2D eigenvalue weighted by Crippen LogP contribution is -2.37. The van der Waals surface area contributed by atoms with Crippen LogP contribution in [-0.2, 0) is 16.6 Å². The van der Waals surface area contributed by atoms with Gasteiger partial charge in [0.25, 0.3) is 0 Å². The lowest BCUT2D eigenvalue weighted by Gasteiger charge is -2.11. The first-order valence-electron chi connectivity index (χ1n) is 9.47. The van der Waals surface area contributed by atoms with Crippen molar-refractivity contribution in [2.24, 2.45) is 16.0 Å². The maximum Gasteiger partial charge on any atom is 0.238 e. The van der Waals surface area contributed by atoms with E-state index >= 15 is 0 Å². The topological polar surface area (TPSA) is 96.6 Å². The summed E-state index contributed by atoms with van der Waals surface area (Å²) in [6.45, 7) is 8.60. The Hall–Kier alpha value is -0.870. The summed E-state index contributed by atoms with van der Waals surface area (Å²) in [5.41, 5.74) is 0.808. The van der Waals surface area contributed by atoms with E-state index in [1.807, 2.05) is 13.0 Å². The number of rotatable bonds is 11. The van der Waals surface area contributed by atoms with Crippen LogP contribution in [0.4, 0.5) is 0 Å². The van der Waals surface area contributed by atoms with Gasteiger partial charge >= 0.3 is 0 Å². The van der Waals surface area contributed by atoms with E-state index in [9.17, 15) is 8.42 Å². The number of nitrogens with one attached hydrogen (secondary N) is 2. The minimum Gasteiger partial charge on any atom is -0.357 e. The molecule has 1 aromatic carbocycles. The Morgan fingerprint density at radius 3 is 2.48 bits per heavy atom. The van der Waals surface area contributed by atoms with Gasteiger partial charge in [-0.1, -0.05) is 51.7 Å². The summed E-state index contributed by atoms with van der Waals surface area (Å²) in [7, 11) is -3.68. The molecule has 0 aliphatic rings. The third-order valence-electron chi connectivity index (χ3n) is 3.99. The van der Waals surface area contributed by atoms with E-state index < -0.39 is 10.0 Å². The number of hydrogen-bond donors (Lipinski definition) is 3. The normalized spacial score (nSPS) is 12.0. The molecule has 0 aliphatic heterocycles. The number of guanidine groups is 1. The van der Waals surface area contributed by atoms with E-state index in [1.54, 1.807) is 12.1 Å². The Balaban J connectivity index is 0.00000676. The molecule has 0 aromatic heterocycles. The molecule has 0 atom stereocenters. The number of nitrogens with zero attached hydrogens (tertiary/aromatic N) is 1. The molecule has 0 fully saturated rings. The minimum atomic E-state index is -3.68. The van der Waals surface area contributed by atoms with Crippen LogP contribution >= 0.6 is 24.0 Å². The zero-order chi connectivity index (χ0) is 19.4. The van der Waals surface area contributed by atoms with Crippen LogP contribution in [0.1, 0.15) is 58.4 Å². The largest absolute Gasteiger partial charge is 0.357 e. The van der Waals surface area contributed by atoms with E-state index in [4.69, 9.17) is 5.14 Å². The summed E-state index contributed by atoms with van der Waals surface area (Å²) in [5.74, 6) is 1.53. The number of unbranched alkanes of at least 4 members (excludes halogenated alkanes) is 3. The highest BCUT2D eigenvalue weighted by molar-refractivity contribution is 14.0. The van der Waals surface area contributed by atoms with Crippen LogP contribution in [0.3, 0.4) is 0 Å². The fourth-order valence-electron chi connectivity index (χ4n) is 2.57. The van der Waals surface area contributed by atoms with Crippen molar-refractivity contribution >= 4 is 40.0 Å². The summed E-state index contributed by atoms with van der Waals surface area (Å²) < 4.78 is 22.9. The molecular formula is C19H35IN4O2S. The van der Waals surface area contributed by atoms with Gasteiger partial charge in [-0.2, -0.15) is 0 Å². The second-order valence-corrected chi connectivity index (χ2v) is 8.47. The van der Waals surface area contributed by atoms with Crippen LogP contribution in [0, 0.1) is 5.92 Å². The molecule has 0 amide bonds. The number of benzene rings is 1. The zero-order valence-corrected chi connectivity index (χ0v) is 19.8. The summed E-state index contributed by atoms with van der Waals surface area (Å²) in [4.78, 5) is 4.64. The highest BCUT2D eigenvalue weighted by atomic mass is 127. The first kappa shape index (κ1) is 26.1. The average molecular weight is 510 g/mol. The highest BCUT2D eigenvalue weighted by Crippen LogP contribution is 2.11. The molecule has 0 bridgehead atoms. The van der Waals surface area contributed by atoms with E-state index in [1.165, 1.54) is 31.7 Å². The van der Waals surface area contributed by atoms with Gasteiger partial charge in [0, 0.05) is 13.1 Å². The third kappa shape index (κ3) is 12.2. The molecule has 0 saturated carbocycles. The molecule has 1 rings (SSSR count). The molecule has 0 heterocycles. The number of sulfonamides is 1. The van der Waals surface area contributed by atoms with Crippen molar-refractivity contribution in [2.45, 2.75) is 64.3 Å². The maximum absolute atomic E-state index is 11.4. The van der Waals surface area contributed by atoms with Crippen molar-refractivity contribution in [1.82, 2.24) is 10.6 Å². The van der Waals surface area contributed by atoms with Crippen molar-refractivity contribution in [2.75, 3.05) is 13.1 Å². The molecule has 0 spiro atoms. The predicted molar refractivity (Wildman–Crippen MR) is 124 cm³/mol. The quantitative estimate of drug-likeness (QED) is 0.183. The van der Waals surface area contributed by atoms with E-state index in [0.29, 0.717) is 6.54 Å². The van der Waals surface area contributed by atoms with Gasteiger partial charge in [-0.05, 0) is 37.0 Å². The van der Waals surface area contributed by atoms with E-state index in [0.717, 1.165) is 37.0 Å². The van der Waals surface area contributed by atoms with Gasteiger partial charge in [-0.15, -0.1) is 24.0 Å². The lowest BCUT2D eigenvalue weighted by atomic mass is 10.0. The van der Waals surface area contributed by atoms with Gasteiger partial charge in [-0.3, -0.25) is 0 Å². The van der Waals surface area contributed by atoms with E-state index in [2.05, 4.69) is 29.5 Å². The molecule has 27 heavy (non-hydrogen) atoms. The molecular weight excluding hydrogens is 475 g/mol. The maximum atomic E-state index is 11.4. The molecule has 0 radical (unpaired) electrons. The molecule has 0 aliphatic carbocycles. The molecule has 156 valence electrons. The first-order valence-corrected chi connectivity index (χ1v) is 11.0. The smallest absolute Gasteiger partial charge is 0.238 e. The molecule has 6 nitrogen and oxygen atoms in total. The molecule has 0 saturated heterocycles. The number of halogens is 1. The number of primary sulfonamides is 1. The van der Waals surface area contributed by atoms with Crippen molar-refractivity contribution in [1.29, 1.82) is 0 Å². The molecule has 4 N–H and O–H groups in total. The SMILES string of the molecule is CCNC(=NCc1cccc(S(N)(=O)=O)c1)NCCCCCCC(C)C.I. The second-order valence-electron chi connectivity index (χ2n) is 6.91. The van der Waals surface area contributed by atoms with Crippen molar-refractivity contribution in [3.8, 4) is 0 Å². The van der Waals surface area contributed by atoms with Crippen LogP contribution in [-0.4, -0.2) is 27.5 Å². The molecule has 8 heteroatoms. The van der Waals surface area contributed by atoms with Crippen LogP contribution in [0.25, 0.3) is 0 Å². The standard InChI is InChI=1S/C19H34N4O2S.HI/c1-4-21-19(22-13-8-6-5-7-10-16(2)3)23-15-17-11-9-12-18(14-17)26(20,24)25;/h9,11-12,14,16H,4-8,10,13,15H2,1-3H3,(H2,20,24,25)(H2,21,22,23);1H. The Bertz CT molecular complexity index is 663. The average Bonchev–Trinajstić information content (AvgIpc) is 2.58. The fourth-order valence-corrected chi connectivity index (χ4v) is 3.15. The van der Waals surface area contributed by atoms with Crippen molar-refractivity contribution in [3.63, 3.8) is 0 Å². The number of nitrogens with two attached hydrogens (primary N) is 1. The van der Waals surface area contributed by atoms with Gasteiger partial charge < -0.3 is 10.6 Å². The fraction of sp³-hybridized carbons (Fsp3) is 0.632. The lowest BCUT2D eigenvalue weighted by molar-refractivity contribution is 0.518. The zero-order valence-electron chi connectivity index (χ0n) is 16.7. The third-order valence-corrected chi connectivity index (χ3v) is 4.90. The van der Waals surface area contributed by atoms with Crippen LogP contribution in [0.2, 0.25) is 0 Å². The van der Waals surface area contributed by atoms with Crippen molar-refractivity contribution < 1.29 is 8.42 Å². The Morgan fingerprint density at radius 2 is 1.85 bits per heavy atom.